The predicted molar refractivity (Wildman–Crippen MR) is 105 cm³/mol. The van der Waals surface area contributed by atoms with Gasteiger partial charge in [-0.15, -0.1) is 0 Å². The van der Waals surface area contributed by atoms with Gasteiger partial charge >= 0.3 is 0 Å². The zero-order valence-electron chi connectivity index (χ0n) is 15.8. The minimum atomic E-state index is -0.172. The largest absolute Gasteiger partial charge is 0.493 e. The highest BCUT2D eigenvalue weighted by Gasteiger charge is 2.20. The van der Waals surface area contributed by atoms with E-state index >= 15 is 0 Å². The molecule has 0 aliphatic rings. The molecular formula is C20H20ClN3O4. The molecule has 1 aromatic heterocycles. The van der Waals surface area contributed by atoms with Gasteiger partial charge in [-0.2, -0.15) is 4.98 Å². The van der Waals surface area contributed by atoms with Crippen molar-refractivity contribution in [2.75, 3.05) is 20.8 Å². The molecule has 0 unspecified atom stereocenters. The van der Waals surface area contributed by atoms with Crippen LogP contribution in [0, 0.1) is 0 Å². The van der Waals surface area contributed by atoms with E-state index in [0.717, 1.165) is 5.56 Å². The molecule has 0 aliphatic heterocycles. The quantitative estimate of drug-likeness (QED) is 0.593. The summed E-state index contributed by atoms with van der Waals surface area (Å²) in [6, 6.07) is 12.2. The molecule has 1 amide bonds. The molecule has 28 heavy (non-hydrogen) atoms. The van der Waals surface area contributed by atoms with E-state index < -0.39 is 0 Å². The average molecular weight is 402 g/mol. The zero-order chi connectivity index (χ0) is 20.1. The molecule has 7 nitrogen and oxygen atoms in total. The first-order chi connectivity index (χ1) is 13.5. The summed E-state index contributed by atoms with van der Waals surface area (Å²) < 4.78 is 15.8. The van der Waals surface area contributed by atoms with E-state index in [1.165, 1.54) is 7.11 Å². The number of aromatic nitrogens is 2. The second-order valence-electron chi connectivity index (χ2n) is 5.91. The highest BCUT2D eigenvalue weighted by atomic mass is 35.5. The molecule has 0 saturated heterocycles. The second kappa shape index (κ2) is 8.75. The Morgan fingerprint density at radius 2 is 1.82 bits per heavy atom. The number of amides is 1. The van der Waals surface area contributed by atoms with Gasteiger partial charge < -0.3 is 18.9 Å². The van der Waals surface area contributed by atoms with Crippen molar-refractivity contribution in [3.8, 4) is 22.9 Å². The second-order valence-corrected chi connectivity index (χ2v) is 6.34. The van der Waals surface area contributed by atoms with Gasteiger partial charge in [0.05, 0.1) is 14.2 Å². The molecule has 0 aliphatic carbocycles. The summed E-state index contributed by atoms with van der Waals surface area (Å²) in [6.07, 6.45) is 0. The average Bonchev–Trinajstić information content (AvgIpc) is 3.20. The van der Waals surface area contributed by atoms with Crippen molar-refractivity contribution in [2.45, 2.75) is 13.5 Å². The first kappa shape index (κ1) is 19.7. The Morgan fingerprint density at radius 3 is 2.46 bits per heavy atom. The van der Waals surface area contributed by atoms with Crippen LogP contribution in [-0.2, 0) is 6.54 Å². The topological polar surface area (TPSA) is 77.7 Å². The van der Waals surface area contributed by atoms with Crippen LogP contribution in [0.25, 0.3) is 11.4 Å². The van der Waals surface area contributed by atoms with Crippen LogP contribution in [-0.4, -0.2) is 41.7 Å². The van der Waals surface area contributed by atoms with Crippen LogP contribution in [0.4, 0.5) is 0 Å². The number of carbonyl (C=O) groups is 1. The van der Waals surface area contributed by atoms with Crippen molar-refractivity contribution in [2.24, 2.45) is 0 Å². The van der Waals surface area contributed by atoms with E-state index in [0.29, 0.717) is 40.3 Å². The zero-order valence-corrected chi connectivity index (χ0v) is 16.6. The number of hydrogen-bond acceptors (Lipinski definition) is 6. The fourth-order valence-electron chi connectivity index (χ4n) is 2.68. The Hall–Kier alpha value is -3.06. The lowest BCUT2D eigenvalue weighted by Crippen LogP contribution is -2.30. The minimum Gasteiger partial charge on any atom is -0.493 e. The summed E-state index contributed by atoms with van der Waals surface area (Å²) >= 11 is 5.90. The number of benzene rings is 2. The maximum Gasteiger partial charge on any atom is 0.254 e. The Balaban J connectivity index is 1.77. The molecular weight excluding hydrogens is 382 g/mol. The molecule has 0 N–H and O–H groups in total. The number of methoxy groups -OCH3 is 2. The normalized spacial score (nSPS) is 10.6. The third-order valence-corrected chi connectivity index (χ3v) is 4.45. The number of rotatable bonds is 7. The van der Waals surface area contributed by atoms with Crippen molar-refractivity contribution in [1.29, 1.82) is 0 Å². The highest BCUT2D eigenvalue weighted by molar-refractivity contribution is 6.30. The highest BCUT2D eigenvalue weighted by Crippen LogP contribution is 2.28. The first-order valence-electron chi connectivity index (χ1n) is 8.65. The van der Waals surface area contributed by atoms with E-state index in [2.05, 4.69) is 10.1 Å². The Morgan fingerprint density at radius 1 is 1.11 bits per heavy atom. The Labute approximate surface area is 167 Å². The van der Waals surface area contributed by atoms with Crippen molar-refractivity contribution in [1.82, 2.24) is 15.0 Å². The molecule has 2 aromatic carbocycles. The summed E-state index contributed by atoms with van der Waals surface area (Å²) in [5, 5.41) is 4.61. The summed E-state index contributed by atoms with van der Waals surface area (Å²) in [6.45, 7) is 2.56. The fourth-order valence-corrected chi connectivity index (χ4v) is 2.80. The lowest BCUT2D eigenvalue weighted by atomic mass is 10.1. The van der Waals surface area contributed by atoms with E-state index in [4.69, 9.17) is 25.6 Å². The van der Waals surface area contributed by atoms with Crippen molar-refractivity contribution < 1.29 is 18.8 Å². The van der Waals surface area contributed by atoms with Gasteiger partial charge in [0, 0.05) is 22.7 Å². The maximum atomic E-state index is 12.9. The van der Waals surface area contributed by atoms with Gasteiger partial charge in [-0.05, 0) is 49.4 Å². The number of carbonyl (C=O) groups excluding carboxylic acids is 1. The van der Waals surface area contributed by atoms with Crippen LogP contribution in [0.3, 0.4) is 0 Å². The monoisotopic (exact) mass is 401 g/mol. The Kier molecular flexibility index (Phi) is 6.16. The van der Waals surface area contributed by atoms with Crippen LogP contribution in [0.1, 0.15) is 23.2 Å². The third kappa shape index (κ3) is 4.26. The van der Waals surface area contributed by atoms with Crippen molar-refractivity contribution in [3.63, 3.8) is 0 Å². The van der Waals surface area contributed by atoms with E-state index in [9.17, 15) is 4.79 Å². The lowest BCUT2D eigenvalue weighted by molar-refractivity contribution is 0.0734. The van der Waals surface area contributed by atoms with Crippen molar-refractivity contribution >= 4 is 17.5 Å². The lowest BCUT2D eigenvalue weighted by Gasteiger charge is -2.19. The van der Waals surface area contributed by atoms with Gasteiger partial charge in [0.2, 0.25) is 11.7 Å². The summed E-state index contributed by atoms with van der Waals surface area (Å²) in [5.41, 5.74) is 1.27. The standard InChI is InChI=1S/C20H20ClN3O4/c1-4-24(20(25)14-7-10-16(26-2)17(11-14)27-3)12-18-22-19(23-28-18)13-5-8-15(21)9-6-13/h5-11H,4,12H2,1-3H3. The van der Waals surface area contributed by atoms with Gasteiger partial charge in [-0.25, -0.2) is 0 Å². The predicted octanol–water partition coefficient (Wildman–Crippen LogP) is 4.07. The van der Waals surface area contributed by atoms with Crippen LogP contribution in [0.5, 0.6) is 11.5 Å². The van der Waals surface area contributed by atoms with Gasteiger partial charge in [0.1, 0.15) is 6.54 Å². The van der Waals surface area contributed by atoms with Crippen LogP contribution >= 0.6 is 11.6 Å². The van der Waals surface area contributed by atoms with Crippen LogP contribution < -0.4 is 9.47 Å². The number of hydrogen-bond donors (Lipinski definition) is 0. The summed E-state index contributed by atoms with van der Waals surface area (Å²) in [5.74, 6) is 1.68. The smallest absolute Gasteiger partial charge is 0.254 e. The van der Waals surface area contributed by atoms with Gasteiger partial charge in [-0.3, -0.25) is 4.79 Å². The molecule has 0 saturated carbocycles. The third-order valence-electron chi connectivity index (χ3n) is 4.20. The molecule has 0 bridgehead atoms. The Bertz CT molecular complexity index is 956. The van der Waals surface area contributed by atoms with E-state index in [1.54, 1.807) is 42.3 Å². The molecule has 3 rings (SSSR count). The molecule has 0 atom stereocenters. The molecule has 0 spiro atoms. The van der Waals surface area contributed by atoms with Gasteiger partial charge in [0.25, 0.3) is 5.91 Å². The maximum absolute atomic E-state index is 12.9. The molecule has 146 valence electrons. The molecule has 0 radical (unpaired) electrons. The minimum absolute atomic E-state index is 0.172. The van der Waals surface area contributed by atoms with Crippen LogP contribution in [0.2, 0.25) is 5.02 Å². The number of ether oxygens (including phenoxy) is 2. The summed E-state index contributed by atoms with van der Waals surface area (Å²) in [7, 11) is 3.08. The van der Waals surface area contributed by atoms with E-state index in [-0.39, 0.29) is 12.5 Å². The fraction of sp³-hybridized carbons (Fsp3) is 0.250. The van der Waals surface area contributed by atoms with Gasteiger partial charge in [0.15, 0.2) is 11.5 Å². The van der Waals surface area contributed by atoms with Crippen LogP contribution in [0.15, 0.2) is 47.0 Å². The number of halogens is 1. The molecule has 8 heteroatoms. The number of nitrogens with zero attached hydrogens (tertiary/aromatic N) is 3. The molecule has 1 heterocycles. The van der Waals surface area contributed by atoms with Crippen molar-refractivity contribution in [3.05, 3.63) is 58.9 Å². The van der Waals surface area contributed by atoms with Gasteiger partial charge in [-0.1, -0.05) is 16.8 Å². The van der Waals surface area contributed by atoms with E-state index in [1.807, 2.05) is 19.1 Å². The first-order valence-corrected chi connectivity index (χ1v) is 9.03. The summed E-state index contributed by atoms with van der Waals surface area (Å²) in [4.78, 5) is 18.9. The molecule has 3 aromatic rings. The molecule has 0 fully saturated rings. The SMILES string of the molecule is CCN(Cc1nc(-c2ccc(Cl)cc2)no1)C(=O)c1ccc(OC)c(OC)c1.